The second-order valence-electron chi connectivity index (χ2n) is 7.82. The van der Waals surface area contributed by atoms with Crippen LogP contribution in [0.2, 0.25) is 0 Å². The average Bonchev–Trinajstić information content (AvgIpc) is 2.58. The van der Waals surface area contributed by atoms with Crippen LogP contribution in [0.4, 0.5) is 0 Å². The van der Waals surface area contributed by atoms with Gasteiger partial charge in [0.2, 0.25) is 0 Å². The first-order chi connectivity index (χ1) is 12.4. The molecule has 0 aliphatic rings. The van der Waals surface area contributed by atoms with Crippen LogP contribution >= 0.6 is 0 Å². The molecule has 0 fully saturated rings. The molecule has 0 aliphatic carbocycles. The Bertz CT molecular complexity index is 401. The first-order valence-corrected chi connectivity index (χ1v) is 12.5. The van der Waals surface area contributed by atoms with Crippen molar-refractivity contribution in [2.24, 2.45) is 0 Å². The van der Waals surface area contributed by atoms with Crippen LogP contribution in [-0.4, -0.2) is 29.4 Å². The minimum atomic E-state index is -4.31. The molecule has 27 heavy (non-hydrogen) atoms. The van der Waals surface area contributed by atoms with Gasteiger partial charge in [0.05, 0.1) is 21.5 Å². The number of hydrogen-bond donors (Lipinski definition) is 1. The van der Waals surface area contributed by atoms with Crippen molar-refractivity contribution in [1.82, 2.24) is 0 Å². The first kappa shape index (κ1) is 30.1. The van der Waals surface area contributed by atoms with Gasteiger partial charge in [0.15, 0.2) is 0 Å². The van der Waals surface area contributed by atoms with Gasteiger partial charge in [0.1, 0.15) is 0 Å². The van der Waals surface area contributed by atoms with Crippen molar-refractivity contribution >= 4 is 10.1 Å². The van der Waals surface area contributed by atoms with Gasteiger partial charge < -0.3 is 9.66 Å². The van der Waals surface area contributed by atoms with Crippen LogP contribution < -0.4 is 29.6 Å². The van der Waals surface area contributed by atoms with E-state index in [1.54, 1.807) is 0 Å². The van der Waals surface area contributed by atoms with Crippen LogP contribution in [0.3, 0.4) is 0 Å². The van der Waals surface area contributed by atoms with Gasteiger partial charge in [-0.2, -0.15) is 0 Å². The third-order valence-electron chi connectivity index (χ3n) is 5.21. The molecule has 158 valence electrons. The maximum absolute atomic E-state index is 11.4. The summed E-state index contributed by atoms with van der Waals surface area (Å²) in [6.07, 6.45) is 16.9. The van der Waals surface area contributed by atoms with Crippen molar-refractivity contribution in [2.45, 2.75) is 134 Å². The summed E-state index contributed by atoms with van der Waals surface area (Å²) in [7, 11) is -4.31. The summed E-state index contributed by atoms with van der Waals surface area (Å²) in [4.78, 5) is 0. The van der Waals surface area contributed by atoms with Crippen LogP contribution in [0, 0.1) is 0 Å². The molecule has 0 aromatic rings. The minimum Gasteiger partial charge on any atom is -0.748 e. The zero-order chi connectivity index (χ0) is 19.7. The Kier molecular flexibility index (Phi) is 22.4. The quantitative estimate of drug-likeness (QED) is 0.200. The van der Waals surface area contributed by atoms with Gasteiger partial charge in [-0.3, -0.25) is 0 Å². The molecule has 0 saturated heterocycles. The van der Waals surface area contributed by atoms with Gasteiger partial charge in [-0.05, 0) is 19.3 Å². The SMILES string of the molecule is CCCCCCCCCCCCCCC(CC(O)CCCC)S(=O)(=O)[O-].[Na+]. The van der Waals surface area contributed by atoms with Crippen LogP contribution in [0.25, 0.3) is 0 Å². The monoisotopic (exact) mass is 414 g/mol. The summed E-state index contributed by atoms with van der Waals surface area (Å²) in [5, 5.41) is 8.98. The fourth-order valence-corrected chi connectivity index (χ4v) is 4.37. The van der Waals surface area contributed by atoms with Crippen molar-refractivity contribution in [2.75, 3.05) is 0 Å². The van der Waals surface area contributed by atoms with Crippen LogP contribution in [0.1, 0.15) is 123 Å². The maximum atomic E-state index is 11.4. The molecule has 0 radical (unpaired) electrons. The van der Waals surface area contributed by atoms with Gasteiger partial charge in [-0.1, -0.05) is 104 Å². The Morgan fingerprint density at radius 2 is 1.11 bits per heavy atom. The summed E-state index contributed by atoms with van der Waals surface area (Å²) < 4.78 is 34.2. The zero-order valence-corrected chi connectivity index (χ0v) is 21.1. The normalized spacial score (nSPS) is 13.9. The topological polar surface area (TPSA) is 77.4 Å². The molecule has 0 aromatic heterocycles. The van der Waals surface area contributed by atoms with Gasteiger partial charge >= 0.3 is 29.6 Å². The molecule has 0 aliphatic heterocycles. The van der Waals surface area contributed by atoms with E-state index in [0.29, 0.717) is 12.8 Å². The van der Waals surface area contributed by atoms with Crippen LogP contribution in [0.5, 0.6) is 0 Å². The van der Waals surface area contributed by atoms with Gasteiger partial charge in [0, 0.05) is 0 Å². The summed E-state index contributed by atoms with van der Waals surface area (Å²) in [5.41, 5.74) is 0. The van der Waals surface area contributed by atoms with E-state index in [4.69, 9.17) is 0 Å². The number of aliphatic hydroxyl groups excluding tert-OH is 1. The van der Waals surface area contributed by atoms with Gasteiger partial charge in [-0.15, -0.1) is 0 Å². The fourth-order valence-electron chi connectivity index (χ4n) is 3.45. The van der Waals surface area contributed by atoms with Crippen LogP contribution in [0.15, 0.2) is 0 Å². The Labute approximate surface area is 191 Å². The van der Waals surface area contributed by atoms with Crippen molar-refractivity contribution < 1.29 is 47.6 Å². The molecule has 0 heterocycles. The molecule has 2 atom stereocenters. The van der Waals surface area contributed by atoms with E-state index in [0.717, 1.165) is 32.1 Å². The summed E-state index contributed by atoms with van der Waals surface area (Å²) >= 11 is 0. The molecule has 6 heteroatoms. The number of hydrogen-bond acceptors (Lipinski definition) is 4. The van der Waals surface area contributed by atoms with E-state index in [9.17, 15) is 18.1 Å². The summed E-state index contributed by atoms with van der Waals surface area (Å²) in [6.45, 7) is 4.27. The number of rotatable bonds is 19. The van der Waals surface area contributed by atoms with Crippen molar-refractivity contribution in [3.63, 3.8) is 0 Å². The Hall–Kier alpha value is 0.870. The molecule has 0 saturated carbocycles. The Balaban J connectivity index is 0. The Morgan fingerprint density at radius 1 is 0.704 bits per heavy atom. The predicted molar refractivity (Wildman–Crippen MR) is 109 cm³/mol. The number of unbranched alkanes of at least 4 members (excludes halogenated alkanes) is 12. The van der Waals surface area contributed by atoms with Crippen molar-refractivity contribution in [3.8, 4) is 0 Å². The standard InChI is InChI=1S/C21H44O4S.Na/c1-3-5-7-8-9-10-11-12-13-14-15-16-18-21(26(23,24)25)19-20(22)17-6-4-2;/h20-22H,3-19H2,1-2H3,(H,23,24,25);/q;+1/p-1. The largest absolute Gasteiger partial charge is 1.00 e. The molecule has 0 amide bonds. The van der Waals surface area contributed by atoms with E-state index in [1.807, 2.05) is 6.92 Å². The van der Waals surface area contributed by atoms with E-state index >= 15 is 0 Å². The first-order valence-electron chi connectivity index (χ1n) is 11.0. The van der Waals surface area contributed by atoms with Crippen molar-refractivity contribution in [1.29, 1.82) is 0 Å². The second kappa shape index (κ2) is 20.2. The Morgan fingerprint density at radius 3 is 1.52 bits per heavy atom. The summed E-state index contributed by atoms with van der Waals surface area (Å²) in [5.74, 6) is 0. The average molecular weight is 415 g/mol. The molecule has 2 unspecified atom stereocenters. The van der Waals surface area contributed by atoms with E-state index < -0.39 is 21.5 Å². The van der Waals surface area contributed by atoms with Crippen molar-refractivity contribution in [3.05, 3.63) is 0 Å². The zero-order valence-electron chi connectivity index (χ0n) is 18.3. The fraction of sp³-hybridized carbons (Fsp3) is 1.00. The summed E-state index contributed by atoms with van der Waals surface area (Å²) in [6, 6.07) is 0. The molecule has 0 spiro atoms. The van der Waals surface area contributed by atoms with E-state index in [1.165, 1.54) is 57.8 Å². The maximum Gasteiger partial charge on any atom is 1.00 e. The second-order valence-corrected chi connectivity index (χ2v) is 9.48. The molecule has 1 N–H and O–H groups in total. The smallest absolute Gasteiger partial charge is 0.748 e. The minimum absolute atomic E-state index is 0. The van der Waals surface area contributed by atoms with Gasteiger partial charge in [0.25, 0.3) is 0 Å². The number of aliphatic hydroxyl groups is 1. The van der Waals surface area contributed by atoms with Gasteiger partial charge in [-0.25, -0.2) is 8.42 Å². The molecular weight excluding hydrogens is 371 g/mol. The molecule has 0 bridgehead atoms. The third-order valence-corrected chi connectivity index (χ3v) is 6.46. The van der Waals surface area contributed by atoms with E-state index in [2.05, 4.69) is 6.92 Å². The molecule has 4 nitrogen and oxygen atoms in total. The molecule has 0 rings (SSSR count). The molecule has 0 aromatic carbocycles. The molecular formula is C21H43NaO4S. The third kappa shape index (κ3) is 19.9. The predicted octanol–water partition coefficient (Wildman–Crippen LogP) is 2.94. The van der Waals surface area contributed by atoms with E-state index in [-0.39, 0.29) is 36.0 Å². The van der Waals surface area contributed by atoms with Crippen LogP contribution in [-0.2, 0) is 10.1 Å².